The van der Waals surface area contributed by atoms with Crippen LogP contribution in [0.2, 0.25) is 0 Å². The molecule has 8 nitrogen and oxygen atoms in total. The molecule has 1 aliphatic heterocycles. The van der Waals surface area contributed by atoms with E-state index in [1.54, 1.807) is 11.3 Å². The van der Waals surface area contributed by atoms with Crippen molar-refractivity contribution in [1.29, 1.82) is 0 Å². The molecular weight excluding hydrogens is 480 g/mol. The molecule has 0 unspecified atom stereocenters. The second kappa shape index (κ2) is 10.6. The normalized spacial score (nSPS) is 13.1. The molecule has 3 N–H and O–H groups in total. The van der Waals surface area contributed by atoms with Gasteiger partial charge in [0.15, 0.2) is 10.0 Å². The van der Waals surface area contributed by atoms with E-state index in [-0.39, 0.29) is 17.1 Å². The third-order valence-electron chi connectivity index (χ3n) is 5.21. The van der Waals surface area contributed by atoms with Gasteiger partial charge in [-0.3, -0.25) is 0 Å². The average Bonchev–Trinajstić information content (AvgIpc) is 3.13. The number of benzene rings is 2. The summed E-state index contributed by atoms with van der Waals surface area (Å²) >= 11 is 3.58. The number of nitrogens with zero attached hydrogens (tertiary/aromatic N) is 2. The number of aryl methyl sites for hydroxylation is 1. The van der Waals surface area contributed by atoms with E-state index in [2.05, 4.69) is 28.2 Å². The lowest BCUT2D eigenvalue weighted by Gasteiger charge is -2.07. The molecule has 0 amide bonds. The molecule has 3 aromatic rings. The summed E-state index contributed by atoms with van der Waals surface area (Å²) in [6.07, 6.45) is 3.37. The zero-order chi connectivity index (χ0) is 23.3. The van der Waals surface area contributed by atoms with Crippen LogP contribution in [0.3, 0.4) is 0 Å². The predicted molar refractivity (Wildman–Crippen MR) is 131 cm³/mol. The minimum atomic E-state index is -3.88. The first kappa shape index (κ1) is 23.7. The zero-order valence-corrected chi connectivity index (χ0v) is 20.3. The van der Waals surface area contributed by atoms with Crippen molar-refractivity contribution in [2.24, 2.45) is 0 Å². The van der Waals surface area contributed by atoms with Gasteiger partial charge in [-0.15, -0.1) is 23.1 Å². The van der Waals surface area contributed by atoms with Crippen LogP contribution >= 0.6 is 23.1 Å². The number of para-hydroxylation sites is 1. The molecule has 1 aliphatic rings. The molecule has 0 bridgehead atoms. The summed E-state index contributed by atoms with van der Waals surface area (Å²) < 4.78 is 27.4. The number of thioether (sulfide) groups is 1. The summed E-state index contributed by atoms with van der Waals surface area (Å²) in [6, 6.07) is 13.9. The first-order valence-corrected chi connectivity index (χ1v) is 13.9. The van der Waals surface area contributed by atoms with E-state index in [0.717, 1.165) is 42.4 Å². The Morgan fingerprint density at radius 1 is 1.03 bits per heavy atom. The monoisotopic (exact) mass is 505 g/mol. The number of sulfonamides is 1. The van der Waals surface area contributed by atoms with E-state index < -0.39 is 14.9 Å². The Kier molecular flexibility index (Phi) is 7.63. The molecule has 2 aromatic carbocycles. The van der Waals surface area contributed by atoms with Crippen molar-refractivity contribution in [2.45, 2.75) is 35.5 Å². The Bertz CT molecular complexity index is 1240. The molecule has 2 heterocycles. The summed E-state index contributed by atoms with van der Waals surface area (Å²) in [5.74, 6) is 1.05. The van der Waals surface area contributed by atoms with Crippen LogP contribution in [0.15, 0.2) is 58.3 Å². The minimum absolute atomic E-state index is 0.243. The number of fused-ring (bicyclic) bond motifs is 3. The number of anilines is 1. The highest BCUT2D eigenvalue weighted by Gasteiger charge is 2.27. The van der Waals surface area contributed by atoms with Gasteiger partial charge < -0.3 is 5.32 Å². The van der Waals surface area contributed by atoms with Crippen LogP contribution in [-0.4, -0.2) is 42.4 Å². The van der Waals surface area contributed by atoms with Crippen LogP contribution in [0, 0.1) is 4.91 Å². The quantitative estimate of drug-likeness (QED) is 0.268. The summed E-state index contributed by atoms with van der Waals surface area (Å²) in [6.45, 7) is 1.01. The topological polar surface area (TPSA) is 111 Å². The Balaban J connectivity index is 1.23. The van der Waals surface area contributed by atoms with Crippen molar-refractivity contribution in [3.63, 3.8) is 0 Å². The number of hydrogen-bond donors (Lipinski definition) is 3. The SMILES string of the molecule is O=[N+](O)c1ccccc1S(=O)(=O)NCCCCCNc1nc2c(s1)CCSc1ccccc1-2. The summed E-state index contributed by atoms with van der Waals surface area (Å²) in [5, 5.41) is 13.4. The zero-order valence-electron chi connectivity index (χ0n) is 17.9. The smallest absolute Gasteiger partial charge is 0.336 e. The highest BCUT2D eigenvalue weighted by atomic mass is 32.2. The van der Waals surface area contributed by atoms with Crippen LogP contribution in [0.25, 0.3) is 11.3 Å². The van der Waals surface area contributed by atoms with Crippen LogP contribution < -0.4 is 10.0 Å². The lowest BCUT2D eigenvalue weighted by atomic mass is 10.1. The first-order valence-electron chi connectivity index (χ1n) is 10.7. The molecule has 0 saturated carbocycles. The predicted octanol–water partition coefficient (Wildman–Crippen LogP) is 4.82. The molecule has 0 radical (unpaired) electrons. The van der Waals surface area contributed by atoms with E-state index in [0.29, 0.717) is 6.42 Å². The molecule has 4 rings (SSSR count). The van der Waals surface area contributed by atoms with Crippen molar-refractivity contribution >= 4 is 43.9 Å². The molecule has 1 aromatic heterocycles. The molecule has 0 aliphatic carbocycles. The second-order valence-corrected chi connectivity index (χ2v) is 11.5. The Morgan fingerprint density at radius 2 is 1.79 bits per heavy atom. The third kappa shape index (κ3) is 5.72. The van der Waals surface area contributed by atoms with Crippen LogP contribution in [-0.2, 0) is 16.4 Å². The molecule has 33 heavy (non-hydrogen) atoms. The number of hydrogen-bond acceptors (Lipinski definition) is 7. The lowest BCUT2D eigenvalue weighted by molar-refractivity contribution is -0.731. The molecule has 0 saturated heterocycles. The van der Waals surface area contributed by atoms with Crippen LogP contribution in [0.1, 0.15) is 24.1 Å². The maximum atomic E-state index is 12.4. The average molecular weight is 506 g/mol. The number of nitrogens with one attached hydrogen (secondary N) is 2. The van der Waals surface area contributed by atoms with Gasteiger partial charge in [0.1, 0.15) is 0 Å². The van der Waals surface area contributed by atoms with Gasteiger partial charge in [0.2, 0.25) is 10.0 Å². The van der Waals surface area contributed by atoms with Gasteiger partial charge >= 0.3 is 5.69 Å². The molecule has 174 valence electrons. The van der Waals surface area contributed by atoms with Gasteiger partial charge in [-0.1, -0.05) is 36.8 Å². The van der Waals surface area contributed by atoms with E-state index in [9.17, 15) is 13.3 Å². The molecule has 0 spiro atoms. The fourth-order valence-electron chi connectivity index (χ4n) is 3.60. The lowest BCUT2D eigenvalue weighted by Crippen LogP contribution is -2.25. The van der Waals surface area contributed by atoms with E-state index >= 15 is 0 Å². The summed E-state index contributed by atoms with van der Waals surface area (Å²) in [5.41, 5.74) is 1.98. The van der Waals surface area contributed by atoms with Crippen molar-refractivity contribution < 1.29 is 18.5 Å². The van der Waals surface area contributed by atoms with E-state index in [4.69, 9.17) is 10.2 Å². The number of aromatic nitrogens is 1. The van der Waals surface area contributed by atoms with Gasteiger partial charge in [-0.05, 0) is 31.4 Å². The standard InChI is InChI=1S/C22H25N4O4S3/c27-26(28)17-9-3-5-11-20(17)33(29,30)24-14-7-1-6-13-23-22-25-21-16-8-2-4-10-18(16)31-15-12-19(21)32-22/h2-5,8-11,24H,1,6-7,12-15H2,(H,23,25)(H,27,28)/q+1. The van der Waals surface area contributed by atoms with Crippen molar-refractivity contribution in [2.75, 3.05) is 24.2 Å². The fraction of sp³-hybridized carbons (Fsp3) is 0.318. The van der Waals surface area contributed by atoms with Crippen LogP contribution in [0.5, 0.6) is 0 Å². The van der Waals surface area contributed by atoms with Gasteiger partial charge in [0.05, 0.1) is 10.6 Å². The van der Waals surface area contributed by atoms with E-state index in [1.807, 2.05) is 17.8 Å². The van der Waals surface area contributed by atoms with Crippen molar-refractivity contribution in [3.8, 4) is 11.3 Å². The van der Waals surface area contributed by atoms with Gasteiger partial charge in [-0.25, -0.2) is 23.3 Å². The summed E-state index contributed by atoms with van der Waals surface area (Å²) in [4.78, 5) is 17.9. The fourth-order valence-corrected chi connectivity index (χ4v) is 7.00. The molecule has 11 heteroatoms. The van der Waals surface area contributed by atoms with Crippen molar-refractivity contribution in [1.82, 2.24) is 9.71 Å². The summed E-state index contributed by atoms with van der Waals surface area (Å²) in [7, 11) is -3.88. The first-order chi connectivity index (χ1) is 16.0. The third-order valence-corrected chi connectivity index (χ3v) is 8.87. The molecule has 0 fully saturated rings. The molecule has 0 atom stereocenters. The minimum Gasteiger partial charge on any atom is -0.361 e. The largest absolute Gasteiger partial charge is 0.361 e. The van der Waals surface area contributed by atoms with Gasteiger partial charge in [-0.2, -0.15) is 0 Å². The maximum absolute atomic E-state index is 12.4. The highest BCUT2D eigenvalue weighted by molar-refractivity contribution is 7.99. The Hall–Kier alpha value is -2.47. The number of unbranched alkanes of at least 4 members (excludes halogenated alkanes) is 2. The Labute approximate surface area is 201 Å². The van der Waals surface area contributed by atoms with E-state index in [1.165, 1.54) is 39.6 Å². The number of rotatable bonds is 10. The van der Waals surface area contributed by atoms with Crippen LogP contribution in [0.4, 0.5) is 10.8 Å². The molecular formula is C22H25N4O4S3+. The number of thiazole rings is 1. The van der Waals surface area contributed by atoms with Gasteiger partial charge in [0, 0.05) is 40.2 Å². The second-order valence-electron chi connectivity index (χ2n) is 7.51. The maximum Gasteiger partial charge on any atom is 0.336 e. The Morgan fingerprint density at radius 3 is 2.64 bits per heavy atom. The highest BCUT2D eigenvalue weighted by Crippen LogP contribution is 2.40. The van der Waals surface area contributed by atoms with Gasteiger partial charge in [0.25, 0.3) is 4.92 Å². The van der Waals surface area contributed by atoms with Crippen molar-refractivity contribution in [3.05, 3.63) is 58.3 Å².